The Labute approximate surface area is 107 Å². The molecular weight excluding hydrogens is 224 g/mol. The number of rotatable bonds is 3. The first kappa shape index (κ1) is 11.3. The normalized spacial score (nSPS) is 22.9. The second-order valence-electron chi connectivity index (χ2n) is 4.31. The predicted octanol–water partition coefficient (Wildman–Crippen LogP) is 2.53. The van der Waals surface area contributed by atoms with Crippen molar-refractivity contribution in [1.82, 2.24) is 5.32 Å². The van der Waals surface area contributed by atoms with E-state index in [-0.39, 0.29) is 0 Å². The van der Waals surface area contributed by atoms with Gasteiger partial charge in [0.1, 0.15) is 0 Å². The van der Waals surface area contributed by atoms with Crippen LogP contribution in [-0.2, 0) is 10.6 Å². The number of benzene rings is 2. The van der Waals surface area contributed by atoms with Crippen LogP contribution in [0.25, 0.3) is 0 Å². The Kier molecular flexibility index (Phi) is 3.00. The summed E-state index contributed by atoms with van der Waals surface area (Å²) < 4.78 is 5.91. The number of hydrogen-bond donors (Lipinski definition) is 2. The molecule has 1 fully saturated rings. The Balaban J connectivity index is 1.93. The van der Waals surface area contributed by atoms with Gasteiger partial charge in [0, 0.05) is 17.8 Å². The molecule has 1 saturated heterocycles. The van der Waals surface area contributed by atoms with E-state index in [1.54, 1.807) is 0 Å². The molecule has 0 amide bonds. The Hall–Kier alpha value is -1.84. The summed E-state index contributed by atoms with van der Waals surface area (Å²) in [5.74, 6) is -0.609. The molecule has 3 heteroatoms. The molecule has 18 heavy (non-hydrogen) atoms. The molecule has 0 saturated carbocycles. The van der Waals surface area contributed by atoms with Gasteiger partial charge in [0.15, 0.2) is 0 Å². The summed E-state index contributed by atoms with van der Waals surface area (Å²) in [6, 6.07) is 20.3. The van der Waals surface area contributed by atoms with Gasteiger partial charge in [-0.15, -0.1) is 0 Å². The van der Waals surface area contributed by atoms with Crippen LogP contribution in [0.3, 0.4) is 0 Å². The van der Waals surface area contributed by atoms with Crippen molar-refractivity contribution in [3.63, 3.8) is 0 Å². The second kappa shape index (κ2) is 4.80. The zero-order chi connectivity index (χ0) is 12.3. The van der Waals surface area contributed by atoms with Gasteiger partial charge in [-0.05, 0) is 12.1 Å². The van der Waals surface area contributed by atoms with Gasteiger partial charge in [-0.3, -0.25) is 5.32 Å². The van der Waals surface area contributed by atoms with Crippen molar-refractivity contribution < 1.29 is 4.74 Å². The third kappa shape index (κ3) is 2.10. The highest BCUT2D eigenvalue weighted by molar-refractivity contribution is 5.46. The van der Waals surface area contributed by atoms with Crippen molar-refractivity contribution in [1.29, 1.82) is 0 Å². The fourth-order valence-electron chi connectivity index (χ4n) is 2.22. The summed E-state index contributed by atoms with van der Waals surface area (Å²) in [6.07, 6.45) is 0. The smallest absolute Gasteiger partial charge is 0.223 e. The van der Waals surface area contributed by atoms with E-state index in [1.807, 2.05) is 48.5 Å². The molecule has 0 bridgehead atoms. The van der Waals surface area contributed by atoms with Gasteiger partial charge in [0.2, 0.25) is 5.85 Å². The molecule has 1 aliphatic heterocycles. The lowest BCUT2D eigenvalue weighted by Crippen LogP contribution is -2.45. The third-order valence-electron chi connectivity index (χ3n) is 3.07. The summed E-state index contributed by atoms with van der Waals surface area (Å²) in [7, 11) is 0. The monoisotopic (exact) mass is 240 g/mol. The molecule has 1 aliphatic rings. The summed E-state index contributed by atoms with van der Waals surface area (Å²) in [5, 5.41) is 6.84. The number of ether oxygens (including phenoxy) is 1. The lowest BCUT2D eigenvalue weighted by atomic mass is 10.1. The van der Waals surface area contributed by atoms with E-state index in [2.05, 4.69) is 22.8 Å². The molecular formula is C15H16N2O. The SMILES string of the molecule is c1ccc(NC2(c3ccccc3)NCCO2)cc1. The Bertz CT molecular complexity index is 492. The van der Waals surface area contributed by atoms with Gasteiger partial charge in [-0.25, -0.2) is 0 Å². The highest BCUT2D eigenvalue weighted by atomic mass is 16.5. The van der Waals surface area contributed by atoms with E-state index in [1.165, 1.54) is 0 Å². The van der Waals surface area contributed by atoms with Crippen molar-refractivity contribution in [2.75, 3.05) is 18.5 Å². The number of anilines is 1. The van der Waals surface area contributed by atoms with Crippen LogP contribution in [0.2, 0.25) is 0 Å². The van der Waals surface area contributed by atoms with E-state index in [9.17, 15) is 0 Å². The lowest BCUT2D eigenvalue weighted by molar-refractivity contribution is 0.0112. The molecule has 0 aromatic heterocycles. The first-order valence-electron chi connectivity index (χ1n) is 6.17. The molecule has 1 unspecified atom stereocenters. The van der Waals surface area contributed by atoms with E-state index in [0.717, 1.165) is 17.8 Å². The summed E-state index contributed by atoms with van der Waals surface area (Å²) in [5.41, 5.74) is 2.13. The van der Waals surface area contributed by atoms with Crippen molar-refractivity contribution >= 4 is 5.69 Å². The maximum absolute atomic E-state index is 5.91. The molecule has 3 rings (SSSR count). The molecule has 0 radical (unpaired) electrons. The minimum absolute atomic E-state index is 0.609. The minimum Gasteiger partial charge on any atom is -0.341 e. The van der Waals surface area contributed by atoms with E-state index < -0.39 is 5.85 Å². The number of para-hydroxylation sites is 1. The topological polar surface area (TPSA) is 33.3 Å². The number of hydrogen-bond acceptors (Lipinski definition) is 3. The standard InChI is InChI=1S/C15H16N2O/c1-3-7-13(8-4-1)15(16-11-12-18-15)17-14-9-5-2-6-10-14/h1-10,16-17H,11-12H2. The predicted molar refractivity (Wildman–Crippen MR) is 72.1 cm³/mol. The Morgan fingerprint density at radius 3 is 2.22 bits per heavy atom. The summed E-state index contributed by atoms with van der Waals surface area (Å²) in [4.78, 5) is 0. The van der Waals surface area contributed by atoms with Gasteiger partial charge in [-0.2, -0.15) is 0 Å². The molecule has 0 spiro atoms. The molecule has 2 aromatic carbocycles. The van der Waals surface area contributed by atoms with Gasteiger partial charge < -0.3 is 10.1 Å². The van der Waals surface area contributed by atoms with Gasteiger partial charge in [-0.1, -0.05) is 48.5 Å². The Morgan fingerprint density at radius 1 is 0.944 bits per heavy atom. The van der Waals surface area contributed by atoms with Crippen molar-refractivity contribution in [3.05, 3.63) is 66.2 Å². The molecule has 92 valence electrons. The number of nitrogens with one attached hydrogen (secondary N) is 2. The first-order chi connectivity index (χ1) is 8.89. The quantitative estimate of drug-likeness (QED) is 0.865. The third-order valence-corrected chi connectivity index (χ3v) is 3.07. The van der Waals surface area contributed by atoms with Crippen molar-refractivity contribution in [2.45, 2.75) is 5.85 Å². The zero-order valence-electron chi connectivity index (χ0n) is 10.1. The van der Waals surface area contributed by atoms with Crippen LogP contribution in [-0.4, -0.2) is 13.2 Å². The average molecular weight is 240 g/mol. The van der Waals surface area contributed by atoms with Crippen LogP contribution < -0.4 is 10.6 Å². The van der Waals surface area contributed by atoms with Crippen LogP contribution in [0.4, 0.5) is 5.69 Å². The van der Waals surface area contributed by atoms with Gasteiger partial charge in [0.05, 0.1) is 6.61 Å². The van der Waals surface area contributed by atoms with Crippen LogP contribution in [0.1, 0.15) is 5.56 Å². The summed E-state index contributed by atoms with van der Waals surface area (Å²) in [6.45, 7) is 1.55. The molecule has 0 aliphatic carbocycles. The fraction of sp³-hybridized carbons (Fsp3) is 0.200. The van der Waals surface area contributed by atoms with Crippen LogP contribution in [0.5, 0.6) is 0 Å². The average Bonchev–Trinajstić information content (AvgIpc) is 2.91. The van der Waals surface area contributed by atoms with Crippen LogP contribution in [0, 0.1) is 0 Å². The van der Waals surface area contributed by atoms with Gasteiger partial charge in [0.25, 0.3) is 0 Å². The maximum Gasteiger partial charge on any atom is 0.223 e. The largest absolute Gasteiger partial charge is 0.341 e. The van der Waals surface area contributed by atoms with Crippen LogP contribution in [0.15, 0.2) is 60.7 Å². The van der Waals surface area contributed by atoms with Crippen molar-refractivity contribution in [3.8, 4) is 0 Å². The zero-order valence-corrected chi connectivity index (χ0v) is 10.1. The molecule has 2 N–H and O–H groups in total. The van der Waals surface area contributed by atoms with Gasteiger partial charge >= 0.3 is 0 Å². The molecule has 2 aromatic rings. The summed E-state index contributed by atoms with van der Waals surface area (Å²) >= 11 is 0. The second-order valence-corrected chi connectivity index (χ2v) is 4.31. The molecule has 3 nitrogen and oxygen atoms in total. The molecule has 1 heterocycles. The highest BCUT2D eigenvalue weighted by Crippen LogP contribution is 2.27. The minimum atomic E-state index is -0.609. The van der Waals surface area contributed by atoms with E-state index in [4.69, 9.17) is 4.74 Å². The van der Waals surface area contributed by atoms with E-state index in [0.29, 0.717) is 6.61 Å². The molecule has 1 atom stereocenters. The highest BCUT2D eigenvalue weighted by Gasteiger charge is 2.36. The van der Waals surface area contributed by atoms with E-state index >= 15 is 0 Å². The lowest BCUT2D eigenvalue weighted by Gasteiger charge is -2.31. The fourth-order valence-corrected chi connectivity index (χ4v) is 2.22. The van der Waals surface area contributed by atoms with Crippen LogP contribution >= 0.6 is 0 Å². The first-order valence-corrected chi connectivity index (χ1v) is 6.17. The van der Waals surface area contributed by atoms with Crippen molar-refractivity contribution in [2.24, 2.45) is 0 Å². The maximum atomic E-state index is 5.91. The Morgan fingerprint density at radius 2 is 1.61 bits per heavy atom.